The van der Waals surface area contributed by atoms with Crippen LogP contribution >= 0.6 is 0 Å². The molecule has 0 aromatic rings. The molecule has 1 unspecified atom stereocenters. The van der Waals surface area contributed by atoms with Crippen LogP contribution in [0, 0.1) is 0 Å². The molecule has 0 aliphatic rings. The Morgan fingerprint density at radius 1 is 1.28 bits per heavy atom. The van der Waals surface area contributed by atoms with Crippen LogP contribution in [0.5, 0.6) is 0 Å². The van der Waals surface area contributed by atoms with Crippen LogP contribution in [0.2, 0.25) is 0 Å². The number of ether oxygens (including phenoxy) is 1. The van der Waals surface area contributed by atoms with E-state index in [4.69, 9.17) is 4.74 Å². The van der Waals surface area contributed by atoms with Gasteiger partial charge in [0, 0.05) is 13.5 Å². The molecule has 1 atom stereocenters. The smallest absolute Gasteiger partial charge is 0.325 e. The summed E-state index contributed by atoms with van der Waals surface area (Å²) in [6.45, 7) is 4.07. The van der Waals surface area contributed by atoms with Crippen molar-refractivity contribution in [1.82, 2.24) is 4.90 Å². The number of carbonyl (C=O) groups excluding carboxylic acids is 2. The van der Waals surface area contributed by atoms with Gasteiger partial charge >= 0.3 is 5.97 Å². The lowest BCUT2D eigenvalue weighted by atomic mass is 10.1. The van der Waals surface area contributed by atoms with Crippen molar-refractivity contribution < 1.29 is 19.4 Å². The van der Waals surface area contributed by atoms with Gasteiger partial charge in [-0.05, 0) is 19.8 Å². The van der Waals surface area contributed by atoms with E-state index in [1.54, 1.807) is 14.0 Å². The standard InChI is InChI=1S/C13H25NO4/c1-4-6-7-11(15)8-9-12(16)14(3)10-13(17)18-5-2/h11,15H,4-10H2,1-3H3. The van der Waals surface area contributed by atoms with E-state index in [0.29, 0.717) is 13.0 Å². The van der Waals surface area contributed by atoms with Crippen LogP contribution in [0.3, 0.4) is 0 Å². The first-order chi connectivity index (χ1) is 8.51. The number of rotatable bonds is 9. The summed E-state index contributed by atoms with van der Waals surface area (Å²) in [5.41, 5.74) is 0. The molecular weight excluding hydrogens is 234 g/mol. The van der Waals surface area contributed by atoms with Crippen LogP contribution in [-0.2, 0) is 14.3 Å². The molecule has 0 spiro atoms. The minimum atomic E-state index is -0.426. The lowest BCUT2D eigenvalue weighted by Crippen LogP contribution is -2.33. The summed E-state index contributed by atoms with van der Waals surface area (Å²) in [6.07, 6.45) is 3.02. The Balaban J connectivity index is 3.83. The van der Waals surface area contributed by atoms with Crippen LogP contribution in [0.1, 0.15) is 46.0 Å². The molecule has 1 N–H and O–H groups in total. The van der Waals surface area contributed by atoms with Crippen molar-refractivity contribution in [1.29, 1.82) is 0 Å². The summed E-state index contributed by atoms with van der Waals surface area (Å²) in [6, 6.07) is 0. The Bertz CT molecular complexity index is 255. The second-order valence-corrected chi connectivity index (χ2v) is 4.39. The van der Waals surface area contributed by atoms with E-state index in [0.717, 1.165) is 19.3 Å². The van der Waals surface area contributed by atoms with Crippen LogP contribution in [0.25, 0.3) is 0 Å². The van der Waals surface area contributed by atoms with Crippen molar-refractivity contribution in [2.75, 3.05) is 20.2 Å². The van der Waals surface area contributed by atoms with Crippen LogP contribution < -0.4 is 0 Å². The van der Waals surface area contributed by atoms with Gasteiger partial charge in [-0.25, -0.2) is 0 Å². The van der Waals surface area contributed by atoms with E-state index in [-0.39, 0.29) is 18.9 Å². The quantitative estimate of drug-likeness (QED) is 0.634. The highest BCUT2D eigenvalue weighted by molar-refractivity contribution is 5.81. The monoisotopic (exact) mass is 259 g/mol. The fourth-order valence-corrected chi connectivity index (χ4v) is 1.55. The second-order valence-electron chi connectivity index (χ2n) is 4.39. The van der Waals surface area contributed by atoms with Gasteiger partial charge < -0.3 is 14.7 Å². The van der Waals surface area contributed by atoms with Gasteiger partial charge in [-0.2, -0.15) is 0 Å². The minimum absolute atomic E-state index is 0.0300. The van der Waals surface area contributed by atoms with E-state index in [1.165, 1.54) is 4.90 Å². The maximum Gasteiger partial charge on any atom is 0.325 e. The van der Waals surface area contributed by atoms with E-state index < -0.39 is 12.1 Å². The Morgan fingerprint density at radius 2 is 1.94 bits per heavy atom. The highest BCUT2D eigenvalue weighted by Gasteiger charge is 2.15. The molecule has 0 bridgehead atoms. The van der Waals surface area contributed by atoms with Crippen molar-refractivity contribution >= 4 is 11.9 Å². The average Bonchev–Trinajstić information content (AvgIpc) is 2.33. The lowest BCUT2D eigenvalue weighted by molar-refractivity contribution is -0.148. The maximum atomic E-state index is 11.7. The molecule has 0 aromatic heterocycles. The van der Waals surface area contributed by atoms with E-state index in [2.05, 4.69) is 6.92 Å². The zero-order valence-corrected chi connectivity index (χ0v) is 11.6. The second kappa shape index (κ2) is 9.88. The molecule has 1 amide bonds. The van der Waals surface area contributed by atoms with Gasteiger partial charge in [0.2, 0.25) is 5.91 Å². The van der Waals surface area contributed by atoms with Crippen LogP contribution in [-0.4, -0.2) is 48.2 Å². The summed E-state index contributed by atoms with van der Waals surface area (Å²) in [5, 5.41) is 9.61. The molecule has 0 fully saturated rings. The molecule has 0 saturated heterocycles. The highest BCUT2D eigenvalue weighted by atomic mass is 16.5. The summed E-state index contributed by atoms with van der Waals surface area (Å²) < 4.78 is 4.76. The summed E-state index contributed by atoms with van der Waals surface area (Å²) in [4.78, 5) is 24.2. The average molecular weight is 259 g/mol. The van der Waals surface area contributed by atoms with E-state index in [9.17, 15) is 14.7 Å². The number of esters is 1. The number of nitrogens with zero attached hydrogens (tertiary/aromatic N) is 1. The molecule has 0 radical (unpaired) electrons. The lowest BCUT2D eigenvalue weighted by Gasteiger charge is -2.17. The van der Waals surface area contributed by atoms with Crippen LogP contribution in [0.15, 0.2) is 0 Å². The molecule has 0 aromatic carbocycles. The fourth-order valence-electron chi connectivity index (χ4n) is 1.55. The van der Waals surface area contributed by atoms with E-state index >= 15 is 0 Å². The Labute approximate surface area is 109 Å². The summed E-state index contributed by atoms with van der Waals surface area (Å²) in [7, 11) is 1.57. The zero-order chi connectivity index (χ0) is 14.0. The van der Waals surface area contributed by atoms with Crippen molar-refractivity contribution in [3.63, 3.8) is 0 Å². The number of aliphatic hydroxyl groups is 1. The first kappa shape index (κ1) is 16.9. The first-order valence-electron chi connectivity index (χ1n) is 6.58. The molecule has 18 heavy (non-hydrogen) atoms. The van der Waals surface area contributed by atoms with E-state index in [1.807, 2.05) is 0 Å². The van der Waals surface area contributed by atoms with Gasteiger partial charge in [-0.15, -0.1) is 0 Å². The number of carbonyl (C=O) groups is 2. The molecule has 0 aliphatic heterocycles. The normalized spacial score (nSPS) is 12.0. The Hall–Kier alpha value is -1.10. The third-order valence-electron chi connectivity index (χ3n) is 2.68. The predicted octanol–water partition coefficient (Wildman–Crippen LogP) is 1.34. The van der Waals surface area contributed by atoms with Crippen molar-refractivity contribution in [2.45, 2.75) is 52.1 Å². The van der Waals surface area contributed by atoms with Crippen molar-refractivity contribution in [3.05, 3.63) is 0 Å². The molecule has 0 aliphatic carbocycles. The van der Waals surface area contributed by atoms with Crippen molar-refractivity contribution in [3.8, 4) is 0 Å². The number of unbranched alkanes of at least 4 members (excludes halogenated alkanes) is 1. The van der Waals surface area contributed by atoms with Crippen molar-refractivity contribution in [2.24, 2.45) is 0 Å². The third kappa shape index (κ3) is 8.06. The molecule has 0 heterocycles. The molecule has 0 rings (SSSR count). The Morgan fingerprint density at radius 3 is 2.50 bits per heavy atom. The molecule has 106 valence electrons. The van der Waals surface area contributed by atoms with Gasteiger partial charge in [-0.1, -0.05) is 19.8 Å². The van der Waals surface area contributed by atoms with Gasteiger partial charge in [0.05, 0.1) is 12.7 Å². The summed E-state index contributed by atoms with van der Waals surface area (Å²) >= 11 is 0. The topological polar surface area (TPSA) is 66.8 Å². The van der Waals surface area contributed by atoms with Gasteiger partial charge in [0.15, 0.2) is 0 Å². The predicted molar refractivity (Wildman–Crippen MR) is 69.0 cm³/mol. The molecule has 5 nitrogen and oxygen atoms in total. The van der Waals surface area contributed by atoms with Gasteiger partial charge in [0.1, 0.15) is 6.54 Å². The number of likely N-dealkylation sites (N-methyl/N-ethyl adjacent to an activating group) is 1. The maximum absolute atomic E-state index is 11.7. The number of hydrogen-bond donors (Lipinski definition) is 1. The summed E-state index contributed by atoms with van der Waals surface area (Å²) in [5.74, 6) is -0.543. The Kier molecular flexibility index (Phi) is 9.28. The largest absolute Gasteiger partial charge is 0.465 e. The first-order valence-corrected chi connectivity index (χ1v) is 6.58. The van der Waals surface area contributed by atoms with Gasteiger partial charge in [-0.3, -0.25) is 9.59 Å². The fraction of sp³-hybridized carbons (Fsp3) is 0.846. The third-order valence-corrected chi connectivity index (χ3v) is 2.68. The minimum Gasteiger partial charge on any atom is -0.465 e. The highest BCUT2D eigenvalue weighted by Crippen LogP contribution is 2.07. The van der Waals surface area contributed by atoms with Crippen LogP contribution in [0.4, 0.5) is 0 Å². The number of hydrogen-bond acceptors (Lipinski definition) is 4. The zero-order valence-electron chi connectivity index (χ0n) is 11.6. The molecule has 5 heteroatoms. The molecule has 0 saturated carbocycles. The molecular formula is C13H25NO4. The SMILES string of the molecule is CCCCC(O)CCC(=O)N(C)CC(=O)OCC. The number of aliphatic hydroxyl groups excluding tert-OH is 1. The van der Waals surface area contributed by atoms with Gasteiger partial charge in [0.25, 0.3) is 0 Å². The number of amides is 1.